The molecule has 0 aromatic carbocycles. The Morgan fingerprint density at radius 1 is 1.00 bits per heavy atom. The monoisotopic (exact) mass is 405 g/mol. The van der Waals surface area contributed by atoms with Gasteiger partial charge in [0.1, 0.15) is 6.61 Å². The second-order valence-electron chi connectivity index (χ2n) is 9.63. The number of carbonyl (C=O) groups excluding carboxylic acids is 2. The molecule has 4 aliphatic rings. The van der Waals surface area contributed by atoms with Crippen LogP contribution in [0.25, 0.3) is 0 Å². The van der Waals surface area contributed by atoms with Gasteiger partial charge in [-0.15, -0.1) is 0 Å². The van der Waals surface area contributed by atoms with Crippen molar-refractivity contribution in [2.24, 2.45) is 64.2 Å². The first-order valence-corrected chi connectivity index (χ1v) is 11.3. The third-order valence-electron chi connectivity index (χ3n) is 8.72. The van der Waals surface area contributed by atoms with Crippen LogP contribution in [0.1, 0.15) is 40.5 Å². The summed E-state index contributed by atoms with van der Waals surface area (Å²) in [4.78, 5) is 30.0. The summed E-state index contributed by atoms with van der Waals surface area (Å²) in [5, 5.41) is 0. The first-order chi connectivity index (χ1) is 13.9. The van der Waals surface area contributed by atoms with Crippen LogP contribution < -0.4 is 0 Å². The topological polar surface area (TPSA) is 74.2 Å². The largest absolute Gasteiger partial charge is 0.463 e. The number of carbonyl (C=O) groups is 2. The minimum absolute atomic E-state index is 0.223. The van der Waals surface area contributed by atoms with E-state index in [0.717, 1.165) is 6.42 Å². The maximum absolute atomic E-state index is 13.2. The van der Waals surface area contributed by atoms with Gasteiger partial charge in [-0.25, -0.2) is 0 Å². The number of ether oxygens (including phenoxy) is 3. The summed E-state index contributed by atoms with van der Waals surface area (Å²) in [6.07, 6.45) is 1.61. The molecule has 0 radical (unpaired) electrons. The van der Waals surface area contributed by atoms with Crippen molar-refractivity contribution in [2.45, 2.75) is 46.8 Å². The van der Waals surface area contributed by atoms with Crippen LogP contribution in [-0.4, -0.2) is 44.7 Å². The smallest absolute Gasteiger partial charge is 0.312 e. The molecule has 11 unspecified atom stereocenters. The standard InChI is InChI=1S/C23H35NO5/c1-6-27-13(4)29-23(26)21-17-10-16(20(21)22(25)28-8-7-24-5)18-14-9-15(19(17)18)12(3)11(14)2/h11-21H,5-10H2,1-4H3. The third-order valence-corrected chi connectivity index (χ3v) is 8.72. The summed E-state index contributed by atoms with van der Waals surface area (Å²) in [6.45, 7) is 12.9. The van der Waals surface area contributed by atoms with Crippen LogP contribution in [0, 0.1) is 59.2 Å². The Balaban J connectivity index is 1.57. The molecule has 6 nitrogen and oxygen atoms in total. The van der Waals surface area contributed by atoms with E-state index < -0.39 is 18.1 Å². The minimum Gasteiger partial charge on any atom is -0.463 e. The second-order valence-corrected chi connectivity index (χ2v) is 9.63. The Labute approximate surface area is 173 Å². The number of rotatable bonds is 8. The van der Waals surface area contributed by atoms with Crippen LogP contribution in [0.15, 0.2) is 4.99 Å². The van der Waals surface area contributed by atoms with Crippen molar-refractivity contribution in [1.82, 2.24) is 0 Å². The molecule has 162 valence electrons. The minimum atomic E-state index is -0.594. The van der Waals surface area contributed by atoms with Crippen molar-refractivity contribution in [1.29, 1.82) is 0 Å². The van der Waals surface area contributed by atoms with Crippen LogP contribution in [0.4, 0.5) is 0 Å². The van der Waals surface area contributed by atoms with Crippen LogP contribution in [-0.2, 0) is 23.8 Å². The molecule has 29 heavy (non-hydrogen) atoms. The van der Waals surface area contributed by atoms with E-state index in [1.165, 1.54) is 6.42 Å². The highest BCUT2D eigenvalue weighted by molar-refractivity contribution is 5.84. The lowest BCUT2D eigenvalue weighted by molar-refractivity contribution is -0.188. The Bertz CT molecular complexity index is 666. The van der Waals surface area contributed by atoms with E-state index in [-0.39, 0.29) is 30.4 Å². The van der Waals surface area contributed by atoms with Gasteiger partial charge in [-0.05, 0) is 80.7 Å². The fraction of sp³-hybridized carbons (Fsp3) is 0.870. The number of hydrogen-bond acceptors (Lipinski definition) is 6. The van der Waals surface area contributed by atoms with Gasteiger partial charge in [-0.2, -0.15) is 0 Å². The summed E-state index contributed by atoms with van der Waals surface area (Å²) in [5.41, 5.74) is 0. The fourth-order valence-corrected chi connectivity index (χ4v) is 7.71. The Kier molecular flexibility index (Phi) is 5.75. The van der Waals surface area contributed by atoms with Crippen molar-refractivity contribution < 1.29 is 23.8 Å². The molecule has 4 rings (SSSR count). The van der Waals surface area contributed by atoms with Gasteiger partial charge in [0, 0.05) is 6.61 Å². The van der Waals surface area contributed by atoms with Crippen molar-refractivity contribution in [3.8, 4) is 0 Å². The van der Waals surface area contributed by atoms with Gasteiger partial charge >= 0.3 is 11.9 Å². The molecule has 4 aliphatic carbocycles. The van der Waals surface area contributed by atoms with Crippen LogP contribution in [0.5, 0.6) is 0 Å². The maximum Gasteiger partial charge on any atom is 0.312 e. The average Bonchev–Trinajstić information content (AvgIpc) is 3.40. The van der Waals surface area contributed by atoms with Crippen molar-refractivity contribution in [3.05, 3.63) is 0 Å². The lowest BCUT2D eigenvalue weighted by Crippen LogP contribution is -2.48. The number of fused-ring (bicyclic) bond motifs is 9. The zero-order chi connectivity index (χ0) is 20.9. The van der Waals surface area contributed by atoms with Crippen molar-refractivity contribution in [2.75, 3.05) is 19.8 Å². The van der Waals surface area contributed by atoms with Crippen LogP contribution in [0.3, 0.4) is 0 Å². The van der Waals surface area contributed by atoms with Crippen molar-refractivity contribution >= 4 is 18.7 Å². The van der Waals surface area contributed by atoms with Gasteiger partial charge in [-0.3, -0.25) is 14.6 Å². The molecule has 0 aromatic heterocycles. The quantitative estimate of drug-likeness (QED) is 0.204. The van der Waals surface area contributed by atoms with Gasteiger partial charge in [0.05, 0.1) is 18.4 Å². The first-order valence-electron chi connectivity index (χ1n) is 11.3. The molecular weight excluding hydrogens is 370 g/mol. The number of aliphatic imine (C=N–C) groups is 1. The highest BCUT2D eigenvalue weighted by Gasteiger charge is 2.71. The number of nitrogens with zero attached hydrogens (tertiary/aromatic N) is 1. The van der Waals surface area contributed by atoms with Crippen LogP contribution in [0.2, 0.25) is 0 Å². The van der Waals surface area contributed by atoms with E-state index in [9.17, 15) is 9.59 Å². The summed E-state index contributed by atoms with van der Waals surface area (Å²) >= 11 is 0. The molecule has 0 aromatic rings. The molecule has 0 saturated heterocycles. The molecule has 0 spiro atoms. The van der Waals surface area contributed by atoms with Gasteiger partial charge in [0.15, 0.2) is 6.29 Å². The van der Waals surface area contributed by atoms with Crippen LogP contribution >= 0.6 is 0 Å². The molecule has 0 amide bonds. The Morgan fingerprint density at radius 2 is 1.55 bits per heavy atom. The van der Waals surface area contributed by atoms with Gasteiger partial charge in [-0.1, -0.05) is 13.8 Å². The molecule has 11 atom stereocenters. The molecule has 0 aliphatic heterocycles. The van der Waals surface area contributed by atoms with E-state index in [0.29, 0.717) is 48.7 Å². The van der Waals surface area contributed by atoms with Crippen molar-refractivity contribution in [3.63, 3.8) is 0 Å². The highest BCUT2D eigenvalue weighted by Crippen LogP contribution is 2.72. The highest BCUT2D eigenvalue weighted by atomic mass is 16.7. The molecule has 6 heteroatoms. The zero-order valence-electron chi connectivity index (χ0n) is 18.1. The number of esters is 2. The lowest BCUT2D eigenvalue weighted by atomic mass is 9.59. The SMILES string of the molecule is C=NCCOC(=O)C1C2CC(C1C(=O)OC(C)OCC)C1C3CC(C(C)C3C)C21. The average molecular weight is 406 g/mol. The molecule has 0 heterocycles. The third kappa shape index (κ3) is 3.22. The zero-order valence-corrected chi connectivity index (χ0v) is 18.1. The summed E-state index contributed by atoms with van der Waals surface area (Å²) < 4.78 is 16.5. The predicted molar refractivity (Wildman–Crippen MR) is 108 cm³/mol. The molecular formula is C23H35NO5. The molecule has 4 saturated carbocycles. The van der Waals surface area contributed by atoms with E-state index >= 15 is 0 Å². The molecule has 4 bridgehead atoms. The first kappa shape index (κ1) is 20.8. The molecule has 0 N–H and O–H groups in total. The van der Waals surface area contributed by atoms with E-state index in [1.807, 2.05) is 6.92 Å². The molecule has 4 fully saturated rings. The Hall–Kier alpha value is -1.43. The fourth-order valence-electron chi connectivity index (χ4n) is 7.71. The van der Waals surface area contributed by atoms with Gasteiger partial charge in [0.25, 0.3) is 0 Å². The normalized spacial score (nSPS) is 45.1. The summed E-state index contributed by atoms with van der Waals surface area (Å²) in [5.74, 6) is 2.98. The summed E-state index contributed by atoms with van der Waals surface area (Å²) in [6, 6.07) is 0. The summed E-state index contributed by atoms with van der Waals surface area (Å²) in [7, 11) is 0. The maximum atomic E-state index is 13.2. The van der Waals surface area contributed by atoms with E-state index in [4.69, 9.17) is 14.2 Å². The van der Waals surface area contributed by atoms with E-state index in [2.05, 4.69) is 25.6 Å². The predicted octanol–water partition coefficient (Wildman–Crippen LogP) is 3.19. The van der Waals surface area contributed by atoms with E-state index in [1.54, 1.807) is 6.92 Å². The van der Waals surface area contributed by atoms with Gasteiger partial charge in [0.2, 0.25) is 0 Å². The lowest BCUT2D eigenvalue weighted by Gasteiger charge is -2.45. The Morgan fingerprint density at radius 3 is 2.10 bits per heavy atom. The second kappa shape index (κ2) is 8.01. The number of hydrogen-bond donors (Lipinski definition) is 0. The van der Waals surface area contributed by atoms with Gasteiger partial charge < -0.3 is 14.2 Å².